The molecule has 0 bridgehead atoms. The molecule has 148 valence electrons. The van der Waals surface area contributed by atoms with Gasteiger partial charge in [0.05, 0.1) is 18.5 Å². The lowest BCUT2D eigenvalue weighted by Crippen LogP contribution is -2.41. The van der Waals surface area contributed by atoms with Crippen molar-refractivity contribution in [3.05, 3.63) is 60.7 Å². The number of carbonyl (C=O) groups is 2. The Balaban J connectivity index is 1.55. The number of hydrogen-bond acceptors (Lipinski definition) is 4. The quantitative estimate of drug-likeness (QED) is 0.731. The van der Waals surface area contributed by atoms with Gasteiger partial charge in [0.1, 0.15) is 11.5 Å². The third kappa shape index (κ3) is 3.87. The Morgan fingerprint density at radius 3 is 2.59 bits per heavy atom. The van der Waals surface area contributed by atoms with E-state index in [2.05, 4.69) is 5.32 Å². The molecular formula is C23H22N2O4. The summed E-state index contributed by atoms with van der Waals surface area (Å²) in [7, 11) is 1.62. The number of methoxy groups -OCH3 is 1. The van der Waals surface area contributed by atoms with Crippen LogP contribution in [0.15, 0.2) is 60.7 Å². The lowest BCUT2D eigenvalue weighted by Gasteiger charge is -2.27. The van der Waals surface area contributed by atoms with Gasteiger partial charge in [-0.3, -0.25) is 9.59 Å². The van der Waals surface area contributed by atoms with E-state index in [1.54, 1.807) is 18.1 Å². The Bertz CT molecular complexity index is 1080. The van der Waals surface area contributed by atoms with Crippen molar-refractivity contribution in [3.8, 4) is 11.5 Å². The molecule has 0 fully saturated rings. The van der Waals surface area contributed by atoms with Crippen molar-refractivity contribution in [1.29, 1.82) is 0 Å². The molecule has 0 unspecified atom stereocenters. The highest BCUT2D eigenvalue weighted by Crippen LogP contribution is 2.31. The summed E-state index contributed by atoms with van der Waals surface area (Å²) >= 11 is 0. The molecule has 0 aliphatic carbocycles. The van der Waals surface area contributed by atoms with E-state index >= 15 is 0 Å². The van der Waals surface area contributed by atoms with Gasteiger partial charge in [0.15, 0.2) is 6.61 Å². The molecule has 0 aromatic heterocycles. The standard InChI is InChI=1S/C23H22N2O4/c1-15-11-22(26)24-20-5-3-4-6-21(20)25(15)23(27)14-29-19-10-8-16-7-9-18(28-2)12-17(16)13-19/h3-10,12-13,15H,11,14H2,1-2H3,(H,24,26)/t15-/m1/s1. The molecule has 1 N–H and O–H groups in total. The average molecular weight is 390 g/mol. The molecule has 4 rings (SSSR count). The van der Waals surface area contributed by atoms with Crippen molar-refractivity contribution in [2.75, 3.05) is 23.9 Å². The predicted molar refractivity (Wildman–Crippen MR) is 113 cm³/mol. The van der Waals surface area contributed by atoms with Crippen molar-refractivity contribution >= 4 is 34.0 Å². The Kier molecular flexibility index (Phi) is 5.08. The first-order valence-corrected chi connectivity index (χ1v) is 9.46. The first kappa shape index (κ1) is 18.8. The largest absolute Gasteiger partial charge is 0.497 e. The molecule has 0 saturated carbocycles. The summed E-state index contributed by atoms with van der Waals surface area (Å²) in [6, 6.07) is 18.5. The molecule has 29 heavy (non-hydrogen) atoms. The van der Waals surface area contributed by atoms with Crippen LogP contribution in [0.25, 0.3) is 10.8 Å². The molecule has 6 nitrogen and oxygen atoms in total. The van der Waals surface area contributed by atoms with Crippen LogP contribution in [-0.2, 0) is 9.59 Å². The minimum atomic E-state index is -0.268. The first-order valence-electron chi connectivity index (χ1n) is 9.46. The van der Waals surface area contributed by atoms with Crippen molar-refractivity contribution in [3.63, 3.8) is 0 Å². The molecule has 1 atom stereocenters. The van der Waals surface area contributed by atoms with Gasteiger partial charge in [-0.05, 0) is 54.1 Å². The molecule has 6 heteroatoms. The molecule has 2 amide bonds. The SMILES string of the molecule is COc1ccc2ccc(OCC(=O)N3c4ccccc4NC(=O)C[C@H]3C)cc2c1. The first-order chi connectivity index (χ1) is 14.0. The summed E-state index contributed by atoms with van der Waals surface area (Å²) in [6.07, 6.45) is 0.232. The van der Waals surface area contributed by atoms with Gasteiger partial charge >= 0.3 is 0 Å². The number of anilines is 2. The third-order valence-corrected chi connectivity index (χ3v) is 5.01. The normalized spacial score (nSPS) is 16.0. The van der Waals surface area contributed by atoms with Crippen molar-refractivity contribution in [1.82, 2.24) is 0 Å². The Hall–Kier alpha value is -3.54. The highest BCUT2D eigenvalue weighted by atomic mass is 16.5. The van der Waals surface area contributed by atoms with E-state index in [0.717, 1.165) is 16.5 Å². The summed E-state index contributed by atoms with van der Waals surface area (Å²) in [4.78, 5) is 26.7. The number of benzene rings is 3. The zero-order valence-electron chi connectivity index (χ0n) is 16.3. The van der Waals surface area contributed by atoms with Crippen molar-refractivity contribution < 1.29 is 19.1 Å². The van der Waals surface area contributed by atoms with Crippen LogP contribution in [0.3, 0.4) is 0 Å². The molecule has 0 radical (unpaired) electrons. The van der Waals surface area contributed by atoms with E-state index in [0.29, 0.717) is 17.1 Å². The minimum absolute atomic E-state index is 0.107. The molecule has 3 aromatic carbocycles. The summed E-state index contributed by atoms with van der Waals surface area (Å²) in [5.41, 5.74) is 1.32. The monoisotopic (exact) mass is 390 g/mol. The number of hydrogen-bond donors (Lipinski definition) is 1. The van der Waals surface area contributed by atoms with Crippen LogP contribution in [0.5, 0.6) is 11.5 Å². The topological polar surface area (TPSA) is 67.9 Å². The van der Waals surface area contributed by atoms with Gasteiger partial charge in [0.2, 0.25) is 5.91 Å². The van der Waals surface area contributed by atoms with Gasteiger partial charge in [-0.1, -0.05) is 24.3 Å². The van der Waals surface area contributed by atoms with Crippen LogP contribution in [0.4, 0.5) is 11.4 Å². The predicted octanol–water partition coefficient (Wildman–Crippen LogP) is 3.99. The van der Waals surface area contributed by atoms with Crippen LogP contribution in [0.1, 0.15) is 13.3 Å². The van der Waals surface area contributed by atoms with E-state index in [1.807, 2.05) is 61.5 Å². The second-order valence-electron chi connectivity index (χ2n) is 7.05. The van der Waals surface area contributed by atoms with Crippen molar-refractivity contribution in [2.24, 2.45) is 0 Å². The smallest absolute Gasteiger partial charge is 0.265 e. The fourth-order valence-corrected chi connectivity index (χ4v) is 3.60. The number of amides is 2. The number of carbonyl (C=O) groups excluding carboxylic acids is 2. The van der Waals surface area contributed by atoms with E-state index in [1.165, 1.54) is 0 Å². The van der Waals surface area contributed by atoms with Gasteiger partial charge in [-0.15, -0.1) is 0 Å². The molecule has 1 heterocycles. The third-order valence-electron chi connectivity index (χ3n) is 5.01. The summed E-state index contributed by atoms with van der Waals surface area (Å²) < 4.78 is 11.1. The zero-order valence-corrected chi connectivity index (χ0v) is 16.3. The maximum atomic E-state index is 13.0. The molecule has 1 aliphatic rings. The lowest BCUT2D eigenvalue weighted by molar-refractivity contribution is -0.121. The molecule has 0 saturated heterocycles. The number of nitrogens with zero attached hydrogens (tertiary/aromatic N) is 1. The highest BCUT2D eigenvalue weighted by Gasteiger charge is 2.29. The number of nitrogens with one attached hydrogen (secondary N) is 1. The molecular weight excluding hydrogens is 368 g/mol. The second-order valence-corrected chi connectivity index (χ2v) is 7.05. The van der Waals surface area contributed by atoms with Crippen LogP contribution in [-0.4, -0.2) is 31.6 Å². The average Bonchev–Trinajstić information content (AvgIpc) is 2.85. The van der Waals surface area contributed by atoms with Crippen molar-refractivity contribution in [2.45, 2.75) is 19.4 Å². The number of fused-ring (bicyclic) bond motifs is 2. The fraction of sp³-hybridized carbons (Fsp3) is 0.217. The van der Waals surface area contributed by atoms with Crippen LogP contribution < -0.4 is 19.7 Å². The second kappa shape index (κ2) is 7.83. The van der Waals surface area contributed by atoms with Gasteiger partial charge in [-0.25, -0.2) is 0 Å². The molecule has 0 spiro atoms. The number of para-hydroxylation sites is 2. The van der Waals surface area contributed by atoms with E-state index in [4.69, 9.17) is 9.47 Å². The Labute approximate surface area is 169 Å². The fourth-order valence-electron chi connectivity index (χ4n) is 3.60. The molecule has 3 aromatic rings. The zero-order chi connectivity index (χ0) is 20.4. The molecule has 1 aliphatic heterocycles. The number of ether oxygens (including phenoxy) is 2. The van der Waals surface area contributed by atoms with E-state index < -0.39 is 0 Å². The maximum absolute atomic E-state index is 13.0. The van der Waals surface area contributed by atoms with Crippen LogP contribution in [0, 0.1) is 0 Å². The highest BCUT2D eigenvalue weighted by molar-refractivity contribution is 6.04. The van der Waals surface area contributed by atoms with Gasteiger partial charge in [0.25, 0.3) is 5.91 Å². The summed E-state index contributed by atoms with van der Waals surface area (Å²) in [5.74, 6) is 1.05. The van der Waals surface area contributed by atoms with Crippen LogP contribution in [0.2, 0.25) is 0 Å². The lowest BCUT2D eigenvalue weighted by atomic mass is 10.1. The van der Waals surface area contributed by atoms with Crippen LogP contribution >= 0.6 is 0 Å². The van der Waals surface area contributed by atoms with E-state index in [9.17, 15) is 9.59 Å². The van der Waals surface area contributed by atoms with E-state index in [-0.39, 0.29) is 30.9 Å². The Morgan fingerprint density at radius 1 is 1.07 bits per heavy atom. The van der Waals surface area contributed by atoms with Gasteiger partial charge < -0.3 is 19.7 Å². The Morgan fingerprint density at radius 2 is 1.79 bits per heavy atom. The minimum Gasteiger partial charge on any atom is -0.497 e. The maximum Gasteiger partial charge on any atom is 0.265 e. The summed E-state index contributed by atoms with van der Waals surface area (Å²) in [5, 5.41) is 4.89. The summed E-state index contributed by atoms with van der Waals surface area (Å²) in [6.45, 7) is 1.74. The van der Waals surface area contributed by atoms with Gasteiger partial charge in [0, 0.05) is 12.5 Å². The number of rotatable bonds is 4. The van der Waals surface area contributed by atoms with Gasteiger partial charge in [-0.2, -0.15) is 0 Å².